The number of thioether (sulfide) groups is 1. The van der Waals surface area contributed by atoms with Crippen molar-refractivity contribution in [2.75, 3.05) is 5.75 Å². The van der Waals surface area contributed by atoms with Crippen LogP contribution in [0.1, 0.15) is 20.3 Å². The van der Waals surface area contributed by atoms with Crippen molar-refractivity contribution >= 4 is 11.8 Å². The van der Waals surface area contributed by atoms with Gasteiger partial charge < -0.3 is 5.11 Å². The van der Waals surface area contributed by atoms with Gasteiger partial charge in [0.1, 0.15) is 0 Å². The van der Waals surface area contributed by atoms with Crippen molar-refractivity contribution in [1.29, 1.82) is 0 Å². The predicted molar refractivity (Wildman–Crippen MR) is 48.4 cm³/mol. The van der Waals surface area contributed by atoms with Crippen molar-refractivity contribution in [3.05, 3.63) is 11.0 Å². The molecule has 2 heteroatoms. The SMILES string of the molecule is CC1(C)CC=C2SCC1[C@@H]2O. The van der Waals surface area contributed by atoms with Crippen LogP contribution >= 0.6 is 11.8 Å². The minimum absolute atomic E-state index is 0.149. The van der Waals surface area contributed by atoms with Crippen LogP contribution in [0.25, 0.3) is 0 Å². The zero-order valence-electron chi connectivity index (χ0n) is 7.00. The number of fused-ring (bicyclic) bond motifs is 2. The molecular formula is C9H14OS. The van der Waals surface area contributed by atoms with Crippen molar-refractivity contribution in [3.8, 4) is 0 Å². The van der Waals surface area contributed by atoms with Gasteiger partial charge in [0.25, 0.3) is 0 Å². The van der Waals surface area contributed by atoms with Gasteiger partial charge in [-0.25, -0.2) is 0 Å². The molecule has 0 aromatic carbocycles. The van der Waals surface area contributed by atoms with Crippen LogP contribution in [0.15, 0.2) is 11.0 Å². The maximum atomic E-state index is 9.76. The monoisotopic (exact) mass is 170 g/mol. The van der Waals surface area contributed by atoms with E-state index in [4.69, 9.17) is 0 Å². The lowest BCUT2D eigenvalue weighted by Crippen LogP contribution is -2.34. The third kappa shape index (κ3) is 1.04. The largest absolute Gasteiger partial charge is 0.388 e. The molecule has 1 nitrogen and oxygen atoms in total. The normalized spacial score (nSPS) is 40.5. The van der Waals surface area contributed by atoms with Crippen LogP contribution in [0, 0.1) is 11.3 Å². The lowest BCUT2D eigenvalue weighted by atomic mass is 9.71. The van der Waals surface area contributed by atoms with Gasteiger partial charge in [-0.05, 0) is 11.8 Å². The summed E-state index contributed by atoms with van der Waals surface area (Å²) in [6.07, 6.45) is 3.19. The molecule has 2 atom stereocenters. The standard InChI is InChI=1S/C9H14OS/c1-9(2)4-3-7-8(10)6(9)5-11-7/h3,6,8,10H,4-5H2,1-2H3/t6?,8-/m0/s1. The van der Waals surface area contributed by atoms with E-state index in [1.54, 1.807) is 0 Å². The molecule has 11 heavy (non-hydrogen) atoms. The van der Waals surface area contributed by atoms with Gasteiger partial charge in [-0.15, -0.1) is 11.8 Å². The second-order valence-corrected chi connectivity index (χ2v) is 5.25. The summed E-state index contributed by atoms with van der Waals surface area (Å²) in [6.45, 7) is 4.50. The van der Waals surface area contributed by atoms with Gasteiger partial charge in [-0.2, -0.15) is 0 Å². The second-order valence-electron chi connectivity index (χ2n) is 4.16. The Labute approximate surface area is 71.9 Å². The van der Waals surface area contributed by atoms with E-state index in [-0.39, 0.29) is 6.10 Å². The smallest absolute Gasteiger partial charge is 0.0886 e. The predicted octanol–water partition coefficient (Wildman–Crippen LogP) is 2.02. The molecule has 1 aliphatic carbocycles. The first-order valence-corrected chi connectivity index (χ1v) is 5.11. The first-order valence-electron chi connectivity index (χ1n) is 4.12. The number of hydrogen-bond donors (Lipinski definition) is 1. The average Bonchev–Trinajstić information content (AvgIpc) is 2.18. The summed E-state index contributed by atoms with van der Waals surface area (Å²) in [5.41, 5.74) is 0.312. The zero-order valence-corrected chi connectivity index (χ0v) is 7.82. The number of rotatable bonds is 0. The third-order valence-corrected chi connectivity index (χ3v) is 4.20. The Hall–Kier alpha value is 0.0500. The van der Waals surface area contributed by atoms with Crippen LogP contribution in [-0.4, -0.2) is 17.0 Å². The molecule has 0 aromatic heterocycles. The molecule has 0 aromatic rings. The molecule has 0 radical (unpaired) electrons. The molecule has 1 N–H and O–H groups in total. The second kappa shape index (κ2) is 2.27. The topological polar surface area (TPSA) is 20.2 Å². The van der Waals surface area contributed by atoms with Gasteiger partial charge in [0.15, 0.2) is 0 Å². The van der Waals surface area contributed by atoms with Gasteiger partial charge >= 0.3 is 0 Å². The van der Waals surface area contributed by atoms with E-state index in [0.29, 0.717) is 11.3 Å². The van der Waals surface area contributed by atoms with E-state index >= 15 is 0 Å². The van der Waals surface area contributed by atoms with Crippen LogP contribution in [0.4, 0.5) is 0 Å². The van der Waals surface area contributed by atoms with Crippen molar-refractivity contribution in [2.24, 2.45) is 11.3 Å². The molecule has 1 unspecified atom stereocenters. The summed E-state index contributed by atoms with van der Waals surface area (Å²) in [5.74, 6) is 1.60. The molecule has 2 rings (SSSR count). The summed E-state index contributed by atoms with van der Waals surface area (Å²) >= 11 is 1.83. The van der Waals surface area contributed by atoms with Gasteiger partial charge in [0.05, 0.1) is 6.10 Å². The molecule has 2 bridgehead atoms. The van der Waals surface area contributed by atoms with Crippen molar-refractivity contribution in [1.82, 2.24) is 0 Å². The number of hydrogen-bond acceptors (Lipinski definition) is 2. The van der Waals surface area contributed by atoms with Gasteiger partial charge in [-0.1, -0.05) is 19.9 Å². The Morgan fingerprint density at radius 2 is 2.36 bits per heavy atom. The molecule has 0 saturated carbocycles. The number of aliphatic hydroxyl groups is 1. The molecule has 1 fully saturated rings. The number of aliphatic hydroxyl groups excluding tert-OH is 1. The first kappa shape index (κ1) is 7.69. The zero-order chi connectivity index (χ0) is 8.06. The van der Waals surface area contributed by atoms with E-state index in [9.17, 15) is 5.11 Å². The van der Waals surface area contributed by atoms with E-state index < -0.39 is 0 Å². The third-order valence-electron chi connectivity index (χ3n) is 2.94. The summed E-state index contributed by atoms with van der Waals surface area (Å²) in [4.78, 5) is 1.22. The number of allylic oxidation sites excluding steroid dienone is 1. The molecule has 1 saturated heterocycles. The summed E-state index contributed by atoms with van der Waals surface area (Å²) in [5, 5.41) is 9.76. The van der Waals surface area contributed by atoms with Crippen LogP contribution in [-0.2, 0) is 0 Å². The maximum Gasteiger partial charge on any atom is 0.0886 e. The molecule has 0 amide bonds. The van der Waals surface area contributed by atoms with Crippen LogP contribution in [0.3, 0.4) is 0 Å². The fourth-order valence-corrected chi connectivity index (χ4v) is 3.45. The Bertz CT molecular complexity index is 208. The quantitative estimate of drug-likeness (QED) is 0.600. The van der Waals surface area contributed by atoms with E-state index in [0.717, 1.165) is 12.2 Å². The lowest BCUT2D eigenvalue weighted by molar-refractivity contribution is 0.0768. The van der Waals surface area contributed by atoms with Gasteiger partial charge in [-0.3, -0.25) is 0 Å². The Kier molecular flexibility index (Phi) is 1.58. The fraction of sp³-hybridized carbons (Fsp3) is 0.778. The van der Waals surface area contributed by atoms with Crippen molar-refractivity contribution in [3.63, 3.8) is 0 Å². The highest BCUT2D eigenvalue weighted by molar-refractivity contribution is 8.03. The molecule has 1 heterocycles. The maximum absolute atomic E-state index is 9.76. The Balaban J connectivity index is 2.34. The summed E-state index contributed by atoms with van der Waals surface area (Å²) < 4.78 is 0. The molecule has 2 aliphatic rings. The van der Waals surface area contributed by atoms with Crippen LogP contribution < -0.4 is 0 Å². The minimum atomic E-state index is -0.149. The Morgan fingerprint density at radius 1 is 1.64 bits per heavy atom. The Morgan fingerprint density at radius 3 is 3.00 bits per heavy atom. The fourth-order valence-electron chi connectivity index (χ4n) is 1.91. The molecule has 1 aliphatic heterocycles. The van der Waals surface area contributed by atoms with Gasteiger partial charge in [0, 0.05) is 16.6 Å². The highest BCUT2D eigenvalue weighted by Crippen LogP contribution is 2.50. The van der Waals surface area contributed by atoms with Crippen LogP contribution in [0.2, 0.25) is 0 Å². The summed E-state index contributed by atoms with van der Waals surface area (Å²) in [7, 11) is 0. The molecular weight excluding hydrogens is 156 g/mol. The highest BCUT2D eigenvalue weighted by Gasteiger charge is 2.43. The van der Waals surface area contributed by atoms with Crippen molar-refractivity contribution < 1.29 is 5.11 Å². The van der Waals surface area contributed by atoms with E-state index in [1.807, 2.05) is 11.8 Å². The lowest BCUT2D eigenvalue weighted by Gasteiger charge is -2.35. The first-order chi connectivity index (χ1) is 5.11. The van der Waals surface area contributed by atoms with Crippen LogP contribution in [0.5, 0.6) is 0 Å². The highest BCUT2D eigenvalue weighted by atomic mass is 32.2. The van der Waals surface area contributed by atoms with E-state index in [1.165, 1.54) is 4.91 Å². The van der Waals surface area contributed by atoms with Crippen molar-refractivity contribution in [2.45, 2.75) is 26.4 Å². The molecule has 62 valence electrons. The van der Waals surface area contributed by atoms with Gasteiger partial charge in [0.2, 0.25) is 0 Å². The molecule has 0 spiro atoms. The average molecular weight is 170 g/mol. The van der Waals surface area contributed by atoms with E-state index in [2.05, 4.69) is 19.9 Å². The minimum Gasteiger partial charge on any atom is -0.388 e. The summed E-state index contributed by atoms with van der Waals surface area (Å²) in [6, 6.07) is 0.